The van der Waals surface area contributed by atoms with Crippen LogP contribution in [0, 0.1) is 12.8 Å². The van der Waals surface area contributed by atoms with E-state index in [9.17, 15) is 13.2 Å². The molecule has 1 amide bonds. The second-order valence-corrected chi connectivity index (χ2v) is 12.3. The number of nitrogens with zero attached hydrogens (tertiary/aromatic N) is 3. The van der Waals surface area contributed by atoms with Crippen molar-refractivity contribution in [1.29, 1.82) is 0 Å². The Morgan fingerprint density at radius 3 is 2.35 bits per heavy atom. The monoisotopic (exact) mass is 515 g/mol. The molecule has 0 aliphatic carbocycles. The molecule has 1 aromatic heterocycles. The lowest BCUT2D eigenvalue weighted by Gasteiger charge is -2.28. The van der Waals surface area contributed by atoms with Crippen LogP contribution in [0.15, 0.2) is 22.8 Å². The summed E-state index contributed by atoms with van der Waals surface area (Å²) < 4.78 is 36.1. The van der Waals surface area contributed by atoms with Crippen LogP contribution in [0.4, 0.5) is 4.79 Å². The van der Waals surface area contributed by atoms with Gasteiger partial charge in [0.1, 0.15) is 5.60 Å². The van der Waals surface area contributed by atoms with Gasteiger partial charge in [0, 0.05) is 43.2 Å². The molecule has 0 unspecified atom stereocenters. The Kier molecular flexibility index (Phi) is 7.87. The van der Waals surface area contributed by atoms with Crippen molar-refractivity contribution in [3.05, 3.63) is 33.9 Å². The molecule has 0 atom stereocenters. The summed E-state index contributed by atoms with van der Waals surface area (Å²) in [6.45, 7) is 12.4. The van der Waals surface area contributed by atoms with Gasteiger partial charge in [0.05, 0.1) is 5.52 Å². The van der Waals surface area contributed by atoms with Crippen molar-refractivity contribution in [2.75, 3.05) is 20.6 Å². The van der Waals surface area contributed by atoms with Crippen molar-refractivity contribution >= 4 is 43.1 Å². The Bertz CT molecular complexity index is 1050. The van der Waals surface area contributed by atoms with Crippen LogP contribution in [0.2, 0.25) is 0 Å². The molecule has 0 saturated heterocycles. The molecule has 1 heterocycles. The van der Waals surface area contributed by atoms with E-state index in [0.29, 0.717) is 12.3 Å². The number of ether oxygens (including phenoxy) is 1. The molecule has 0 bridgehead atoms. The largest absolute Gasteiger partial charge is 0.443 e. The van der Waals surface area contributed by atoms with Gasteiger partial charge >= 0.3 is 16.3 Å². The standard InChI is InChI=1S/C22H34BrN3O4S/c1-15(2)13-25-14-17(18-9-10-19(23)16(3)20(18)25)11-12-26(31(28,29)24(7)8)21(27)30-22(4,5)6/h9-10,14-15H,11-13H2,1-8H3. The molecule has 174 valence electrons. The number of carbonyl (C=O) groups is 1. The summed E-state index contributed by atoms with van der Waals surface area (Å²) in [4.78, 5) is 12.7. The average Bonchev–Trinajstić information content (AvgIpc) is 2.93. The fraction of sp³-hybridized carbons (Fsp3) is 0.591. The lowest BCUT2D eigenvalue weighted by Crippen LogP contribution is -2.46. The van der Waals surface area contributed by atoms with Crippen LogP contribution in [0.25, 0.3) is 10.9 Å². The van der Waals surface area contributed by atoms with E-state index in [1.54, 1.807) is 20.8 Å². The summed E-state index contributed by atoms with van der Waals surface area (Å²) in [5.41, 5.74) is 2.45. The number of amides is 1. The van der Waals surface area contributed by atoms with Gasteiger partial charge in [0.15, 0.2) is 0 Å². The normalized spacial score (nSPS) is 12.7. The predicted octanol–water partition coefficient (Wildman–Crippen LogP) is 4.95. The van der Waals surface area contributed by atoms with Gasteiger partial charge in [0.25, 0.3) is 0 Å². The molecule has 0 N–H and O–H groups in total. The van der Waals surface area contributed by atoms with Crippen molar-refractivity contribution in [2.24, 2.45) is 5.92 Å². The van der Waals surface area contributed by atoms with E-state index >= 15 is 0 Å². The fourth-order valence-corrected chi connectivity index (χ4v) is 4.66. The molecule has 0 aliphatic heterocycles. The number of hydrogen-bond donors (Lipinski definition) is 0. The molecular formula is C22H34BrN3O4S. The minimum Gasteiger partial charge on any atom is -0.443 e. The second kappa shape index (κ2) is 9.50. The SMILES string of the molecule is Cc1c(Br)ccc2c(CCN(C(=O)OC(C)(C)C)S(=O)(=O)N(C)C)cn(CC(C)C)c12. The van der Waals surface area contributed by atoms with Gasteiger partial charge in [-0.05, 0) is 57.2 Å². The highest BCUT2D eigenvalue weighted by atomic mass is 79.9. The third-order valence-corrected chi connectivity index (χ3v) is 7.46. The first kappa shape index (κ1) is 25.7. The first-order valence-corrected chi connectivity index (χ1v) is 12.5. The summed E-state index contributed by atoms with van der Waals surface area (Å²) in [5, 5.41) is 1.06. The highest BCUT2D eigenvalue weighted by Crippen LogP contribution is 2.31. The molecule has 0 radical (unpaired) electrons. The third-order valence-electron chi connectivity index (χ3n) is 4.79. The maximum atomic E-state index is 12.8. The number of rotatable bonds is 7. The Morgan fingerprint density at radius 1 is 1.23 bits per heavy atom. The Hall–Kier alpha value is -1.58. The predicted molar refractivity (Wildman–Crippen MR) is 128 cm³/mol. The van der Waals surface area contributed by atoms with Crippen molar-refractivity contribution in [3.8, 4) is 0 Å². The van der Waals surface area contributed by atoms with Crippen molar-refractivity contribution in [1.82, 2.24) is 13.2 Å². The minimum atomic E-state index is -3.98. The molecule has 2 rings (SSSR count). The number of fused-ring (bicyclic) bond motifs is 1. The maximum Gasteiger partial charge on any atom is 0.425 e. The van der Waals surface area contributed by atoms with E-state index in [0.717, 1.165) is 41.7 Å². The van der Waals surface area contributed by atoms with Crippen LogP contribution in [0.5, 0.6) is 0 Å². The van der Waals surface area contributed by atoms with Crippen LogP contribution < -0.4 is 0 Å². The van der Waals surface area contributed by atoms with Gasteiger partial charge in [-0.3, -0.25) is 0 Å². The number of carbonyl (C=O) groups excluding carboxylic acids is 1. The second-order valence-electron chi connectivity index (χ2n) is 9.36. The highest BCUT2D eigenvalue weighted by molar-refractivity contribution is 9.10. The Morgan fingerprint density at radius 2 is 1.84 bits per heavy atom. The summed E-state index contributed by atoms with van der Waals surface area (Å²) >= 11 is 3.61. The summed E-state index contributed by atoms with van der Waals surface area (Å²) in [7, 11) is -1.17. The van der Waals surface area contributed by atoms with Crippen LogP contribution in [-0.2, 0) is 27.9 Å². The van der Waals surface area contributed by atoms with Gasteiger partial charge in [-0.25, -0.2) is 4.79 Å². The minimum absolute atomic E-state index is 0.00860. The van der Waals surface area contributed by atoms with Gasteiger partial charge in [-0.1, -0.05) is 35.8 Å². The van der Waals surface area contributed by atoms with Crippen molar-refractivity contribution in [2.45, 2.75) is 60.1 Å². The number of benzene rings is 1. The van der Waals surface area contributed by atoms with E-state index in [1.165, 1.54) is 14.1 Å². The molecule has 2 aromatic rings. The van der Waals surface area contributed by atoms with E-state index in [4.69, 9.17) is 4.74 Å². The Labute approximate surface area is 194 Å². The third kappa shape index (κ3) is 6.02. The molecule has 1 aromatic carbocycles. The molecule has 31 heavy (non-hydrogen) atoms. The number of hydrogen-bond acceptors (Lipinski definition) is 4. The van der Waals surface area contributed by atoms with Gasteiger partial charge in [-0.2, -0.15) is 17.0 Å². The van der Waals surface area contributed by atoms with Gasteiger partial charge in [-0.15, -0.1) is 0 Å². The van der Waals surface area contributed by atoms with Crippen molar-refractivity contribution in [3.63, 3.8) is 0 Å². The highest BCUT2D eigenvalue weighted by Gasteiger charge is 2.33. The summed E-state index contributed by atoms with van der Waals surface area (Å²) in [5.74, 6) is 0.453. The fourth-order valence-electron chi connectivity index (χ4n) is 3.40. The molecule has 0 aliphatic rings. The van der Waals surface area contributed by atoms with Crippen LogP contribution >= 0.6 is 15.9 Å². The molecule has 0 spiro atoms. The van der Waals surface area contributed by atoms with E-state index in [-0.39, 0.29) is 6.54 Å². The number of halogens is 1. The topological polar surface area (TPSA) is 71.8 Å². The van der Waals surface area contributed by atoms with E-state index in [2.05, 4.69) is 47.5 Å². The number of aromatic nitrogens is 1. The first-order chi connectivity index (χ1) is 14.1. The van der Waals surface area contributed by atoms with Crippen LogP contribution in [0.1, 0.15) is 45.7 Å². The maximum absolute atomic E-state index is 12.8. The summed E-state index contributed by atoms with van der Waals surface area (Å²) in [6, 6.07) is 4.04. The lowest BCUT2D eigenvalue weighted by molar-refractivity contribution is 0.0385. The van der Waals surface area contributed by atoms with E-state index < -0.39 is 21.9 Å². The first-order valence-electron chi connectivity index (χ1n) is 10.3. The zero-order chi connectivity index (χ0) is 23.7. The quantitative estimate of drug-likeness (QED) is 0.522. The number of aryl methyl sites for hydroxylation is 1. The smallest absolute Gasteiger partial charge is 0.425 e. The molecular weight excluding hydrogens is 482 g/mol. The van der Waals surface area contributed by atoms with Crippen LogP contribution in [0.3, 0.4) is 0 Å². The zero-order valence-electron chi connectivity index (χ0n) is 19.7. The van der Waals surface area contributed by atoms with Crippen molar-refractivity contribution < 1.29 is 17.9 Å². The molecule has 0 saturated carbocycles. The lowest BCUT2D eigenvalue weighted by atomic mass is 10.1. The molecule has 0 fully saturated rings. The average molecular weight is 517 g/mol. The Balaban J connectivity index is 2.45. The molecule has 7 nitrogen and oxygen atoms in total. The van der Waals surface area contributed by atoms with Crippen LogP contribution in [-0.4, -0.2) is 53.9 Å². The molecule has 9 heteroatoms. The zero-order valence-corrected chi connectivity index (χ0v) is 22.1. The van der Waals surface area contributed by atoms with E-state index in [1.807, 2.05) is 12.1 Å². The summed E-state index contributed by atoms with van der Waals surface area (Å²) in [6.07, 6.45) is 1.58. The van der Waals surface area contributed by atoms with Gasteiger partial charge < -0.3 is 9.30 Å². The van der Waals surface area contributed by atoms with Gasteiger partial charge in [0.2, 0.25) is 0 Å².